The molecule has 0 aliphatic rings. The van der Waals surface area contributed by atoms with E-state index in [4.69, 9.17) is 20.4 Å². The van der Waals surface area contributed by atoms with Crippen molar-refractivity contribution in [2.75, 3.05) is 26.4 Å². The monoisotopic (exact) mass is 1060 g/mol. The van der Waals surface area contributed by atoms with E-state index in [1.54, 1.807) is 22.3 Å². The van der Waals surface area contributed by atoms with E-state index in [9.17, 15) is 19.2 Å². The Morgan fingerprint density at radius 3 is 0.579 bits per heavy atom. The number of carboxylic acid groups (broad SMARTS) is 4. The second-order valence-corrected chi connectivity index (χ2v) is 21.6. The molecule has 0 bridgehead atoms. The zero-order valence-corrected chi connectivity index (χ0v) is 46.6. The van der Waals surface area contributed by atoms with Crippen molar-refractivity contribution in [2.45, 2.75) is 257 Å². The largest absolute Gasteiger partial charge is 0.505 e. The average molecular weight is 1060 g/mol. The molecule has 0 fully saturated rings. The molecule has 0 spiro atoms. The lowest BCUT2D eigenvalue weighted by Crippen LogP contribution is -2.05. The number of aryl methyl sites for hydroxylation is 4. The van der Waals surface area contributed by atoms with Crippen molar-refractivity contribution >= 4 is 56.9 Å². The molecule has 76 heavy (non-hydrogen) atoms. The zero-order valence-electron chi connectivity index (χ0n) is 46.6. The van der Waals surface area contributed by atoms with E-state index in [-0.39, 0.29) is 0 Å². The molecule has 0 saturated carbocycles. The number of unbranched alkanes of at least 4 members (excludes halogenated alkanes) is 32. The molecule has 0 amide bonds. The van der Waals surface area contributed by atoms with E-state index in [2.05, 4.69) is 55.3 Å². The van der Waals surface area contributed by atoms with Gasteiger partial charge in [0.25, 0.3) is 0 Å². The quantitative estimate of drug-likeness (QED) is 0.0142. The van der Waals surface area contributed by atoms with E-state index in [1.807, 2.05) is 0 Å². The minimum absolute atomic E-state index is 0.292. The molecule has 426 valence electrons. The van der Waals surface area contributed by atoms with Crippen LogP contribution < -0.4 is 0 Å². The summed E-state index contributed by atoms with van der Waals surface area (Å²) < 4.78 is 18.7. The van der Waals surface area contributed by atoms with Gasteiger partial charge >= 0.3 is 24.6 Å². The molecule has 4 aromatic rings. The molecular formula is C64H98O12. The van der Waals surface area contributed by atoms with Gasteiger partial charge in [-0.3, -0.25) is 0 Å². The molecule has 4 N–H and O–H groups in total. The maximum Gasteiger partial charge on any atom is 0.505 e. The van der Waals surface area contributed by atoms with E-state index >= 15 is 0 Å². The van der Waals surface area contributed by atoms with Gasteiger partial charge in [-0.2, -0.15) is 0 Å². The molecule has 4 aromatic carbocycles. The van der Waals surface area contributed by atoms with Crippen LogP contribution in [0, 0.1) is 0 Å². The molecule has 12 nitrogen and oxygen atoms in total. The summed E-state index contributed by atoms with van der Waals surface area (Å²) in [4.78, 5) is 42.6. The lowest BCUT2D eigenvalue weighted by molar-refractivity contribution is 0.0887. The molecular weight excluding hydrogens is 961 g/mol. The first-order chi connectivity index (χ1) is 37.2. The molecule has 0 aliphatic carbocycles. The van der Waals surface area contributed by atoms with Gasteiger partial charge in [-0.15, -0.1) is 0 Å². The summed E-state index contributed by atoms with van der Waals surface area (Å²) in [7, 11) is 0. The molecule has 0 radical (unpaired) electrons. The fourth-order valence-corrected chi connectivity index (χ4v) is 11.6. The van der Waals surface area contributed by atoms with Crippen molar-refractivity contribution in [1.29, 1.82) is 0 Å². The fourth-order valence-electron chi connectivity index (χ4n) is 11.6. The van der Waals surface area contributed by atoms with Crippen LogP contribution in [0.1, 0.15) is 253 Å². The highest BCUT2D eigenvalue weighted by Gasteiger charge is 2.22. The summed E-state index contributed by atoms with van der Waals surface area (Å²) in [6.07, 6.45) is 40.5. The van der Waals surface area contributed by atoms with Gasteiger partial charge in [0.2, 0.25) is 0 Å². The number of carbonyl (C=O) groups is 4. The molecule has 4 rings (SSSR count). The Balaban J connectivity index is 1.49. The Kier molecular flexibility index (Phi) is 33.6. The minimum Gasteiger partial charge on any atom is -0.450 e. The number of hydrogen-bond donors (Lipinski definition) is 4. The van der Waals surface area contributed by atoms with Crippen LogP contribution in [0.4, 0.5) is 19.2 Å². The van der Waals surface area contributed by atoms with Gasteiger partial charge in [0.05, 0.1) is 26.4 Å². The van der Waals surface area contributed by atoms with Gasteiger partial charge in [-0.1, -0.05) is 216 Å². The summed E-state index contributed by atoms with van der Waals surface area (Å²) in [5.41, 5.74) is 6.29. The standard InChI is InChI=1S/C64H98O12/c65-61(66)73-47-33-25-17-9-1-5-13-21-29-39-51-52(40-30-22-14-6-2-10-18-26-34-48-74-62(67)68)56-44-38-46-58-54(42-32-24-16-8-4-12-20-28-36-50-76-64(71)72)53(57-45-37-43-55(51)59(57)60(56)58)41-31-23-15-7-3-11-19-27-35-49-75-63(69)70/h37-38,43-46H,1-36,39-42,47-50H2,(H,65,66)(H,67,68)(H,69,70)(H,71,72). The van der Waals surface area contributed by atoms with Crippen LogP contribution in [0.5, 0.6) is 0 Å². The van der Waals surface area contributed by atoms with Crippen LogP contribution in [0.15, 0.2) is 36.4 Å². The summed E-state index contributed by atoms with van der Waals surface area (Å²) in [6.45, 7) is 1.17. The SMILES string of the molecule is O=C(O)OCCCCCCCCCCCc1c(CCCCCCCCCCCOC(=O)O)c2cccc3c(CCCCCCCCCCCOC(=O)O)c(CCCCCCCCCCCOC(=O)O)c4cccc1c4c23. The summed E-state index contributed by atoms with van der Waals surface area (Å²) >= 11 is 0. The topological polar surface area (TPSA) is 186 Å². The van der Waals surface area contributed by atoms with Crippen LogP contribution in [-0.4, -0.2) is 71.5 Å². The highest BCUT2D eigenvalue weighted by Crippen LogP contribution is 2.44. The summed E-state index contributed by atoms with van der Waals surface area (Å²) in [6, 6.07) is 14.5. The van der Waals surface area contributed by atoms with E-state index in [0.717, 1.165) is 103 Å². The Morgan fingerprint density at radius 1 is 0.250 bits per heavy atom. The minimum atomic E-state index is -1.19. The number of benzene rings is 4. The molecule has 0 saturated heterocycles. The third-order valence-electron chi connectivity index (χ3n) is 15.6. The van der Waals surface area contributed by atoms with Gasteiger partial charge in [-0.05, 0) is 132 Å². The molecule has 0 unspecified atom stereocenters. The summed E-state index contributed by atoms with van der Waals surface area (Å²) in [5, 5.41) is 43.7. The van der Waals surface area contributed by atoms with Crippen LogP contribution in [0.3, 0.4) is 0 Å². The van der Waals surface area contributed by atoms with Crippen molar-refractivity contribution in [3.63, 3.8) is 0 Å². The predicted molar refractivity (Wildman–Crippen MR) is 307 cm³/mol. The van der Waals surface area contributed by atoms with Gasteiger partial charge in [0.15, 0.2) is 0 Å². The third-order valence-corrected chi connectivity index (χ3v) is 15.6. The fraction of sp³-hybridized carbons (Fsp3) is 0.688. The Morgan fingerprint density at radius 2 is 0.408 bits per heavy atom. The summed E-state index contributed by atoms with van der Waals surface area (Å²) in [5.74, 6) is 0. The van der Waals surface area contributed by atoms with Gasteiger partial charge in [-0.25, -0.2) is 19.2 Å². The first kappa shape index (κ1) is 63.5. The predicted octanol–water partition coefficient (Wildman–Crippen LogP) is 19.6. The lowest BCUT2D eigenvalue weighted by atomic mass is 9.79. The smallest absolute Gasteiger partial charge is 0.450 e. The lowest BCUT2D eigenvalue weighted by Gasteiger charge is -2.25. The van der Waals surface area contributed by atoms with Gasteiger partial charge in [0, 0.05) is 0 Å². The van der Waals surface area contributed by atoms with E-state index in [1.165, 1.54) is 186 Å². The van der Waals surface area contributed by atoms with E-state index in [0.29, 0.717) is 26.4 Å². The average Bonchev–Trinajstić information content (AvgIpc) is 3.49. The Labute approximate surface area is 455 Å². The van der Waals surface area contributed by atoms with Gasteiger partial charge < -0.3 is 39.4 Å². The maximum absolute atomic E-state index is 10.6. The molecule has 0 atom stereocenters. The third kappa shape index (κ3) is 25.9. The highest BCUT2D eigenvalue weighted by atomic mass is 16.7. The van der Waals surface area contributed by atoms with E-state index < -0.39 is 24.6 Å². The van der Waals surface area contributed by atoms with Crippen molar-refractivity contribution in [1.82, 2.24) is 0 Å². The Bertz CT molecular complexity index is 1900. The number of rotatable bonds is 48. The van der Waals surface area contributed by atoms with Crippen molar-refractivity contribution in [3.05, 3.63) is 58.7 Å². The molecule has 0 aliphatic heterocycles. The second-order valence-electron chi connectivity index (χ2n) is 21.6. The first-order valence-electron chi connectivity index (χ1n) is 30.3. The van der Waals surface area contributed by atoms with Crippen LogP contribution in [0.2, 0.25) is 0 Å². The maximum atomic E-state index is 10.6. The molecule has 0 aromatic heterocycles. The van der Waals surface area contributed by atoms with Gasteiger partial charge in [0.1, 0.15) is 0 Å². The van der Waals surface area contributed by atoms with Crippen LogP contribution in [-0.2, 0) is 44.6 Å². The first-order valence-corrected chi connectivity index (χ1v) is 30.3. The van der Waals surface area contributed by atoms with Crippen molar-refractivity contribution in [2.24, 2.45) is 0 Å². The number of ether oxygens (including phenoxy) is 4. The zero-order chi connectivity index (χ0) is 54.3. The molecule has 0 heterocycles. The highest BCUT2D eigenvalue weighted by molar-refractivity contribution is 6.26. The van der Waals surface area contributed by atoms with Crippen LogP contribution >= 0.6 is 0 Å². The second kappa shape index (κ2) is 40.2. The molecule has 12 heteroatoms. The Hall–Kier alpha value is -5.00. The normalized spacial score (nSPS) is 11.5. The number of hydrogen-bond acceptors (Lipinski definition) is 8. The van der Waals surface area contributed by atoms with Crippen LogP contribution in [0.25, 0.3) is 32.3 Å². The van der Waals surface area contributed by atoms with Crippen molar-refractivity contribution in [3.8, 4) is 0 Å². The van der Waals surface area contributed by atoms with Crippen molar-refractivity contribution < 1.29 is 58.6 Å².